The average molecular weight is 389 g/mol. The Morgan fingerprint density at radius 3 is 2.32 bits per heavy atom. The van der Waals surface area contributed by atoms with Gasteiger partial charge in [0.1, 0.15) is 17.0 Å². The molecule has 2 amide bonds. The molecule has 1 N–H and O–H groups in total. The van der Waals surface area contributed by atoms with Crippen LogP contribution in [-0.2, 0) is 9.59 Å². The molecule has 1 aromatic heterocycles. The number of nitrogens with one attached hydrogen (secondary N) is 1. The molecule has 148 valence electrons. The van der Waals surface area contributed by atoms with Gasteiger partial charge in [-0.15, -0.1) is 0 Å². The third kappa shape index (κ3) is 4.08. The van der Waals surface area contributed by atoms with Crippen LogP contribution < -0.4 is 10.2 Å². The summed E-state index contributed by atoms with van der Waals surface area (Å²) in [6.45, 7) is 4.88. The maximum atomic E-state index is 13.8. The lowest BCUT2D eigenvalue weighted by Gasteiger charge is -2.38. The van der Waals surface area contributed by atoms with Crippen LogP contribution in [0.1, 0.15) is 13.8 Å². The van der Waals surface area contributed by atoms with Gasteiger partial charge >= 0.3 is 0 Å². The topological polar surface area (TPSA) is 78.4 Å². The van der Waals surface area contributed by atoms with E-state index >= 15 is 0 Å². The second-order valence-electron chi connectivity index (χ2n) is 7.03. The minimum atomic E-state index is -1.41. The molecule has 28 heavy (non-hydrogen) atoms. The van der Waals surface area contributed by atoms with Gasteiger partial charge in [-0.2, -0.15) is 0 Å². The number of carbonyl (C=O) groups is 2. The summed E-state index contributed by atoms with van der Waals surface area (Å²) in [7, 11) is 0. The molecular weight excluding hydrogens is 368 g/mol. The highest BCUT2D eigenvalue weighted by Gasteiger charge is 2.40. The molecular formula is C19H21F2N5O2. The third-order valence-corrected chi connectivity index (χ3v) is 4.68. The first-order chi connectivity index (χ1) is 13.3. The molecule has 0 radical (unpaired) electrons. The molecule has 0 atom stereocenters. The molecule has 2 aromatic rings. The smallest absolute Gasteiger partial charge is 0.239 e. The van der Waals surface area contributed by atoms with E-state index in [-0.39, 0.29) is 11.6 Å². The van der Waals surface area contributed by atoms with Crippen molar-refractivity contribution in [1.29, 1.82) is 0 Å². The van der Waals surface area contributed by atoms with Gasteiger partial charge in [0, 0.05) is 44.6 Å². The standard InChI is InChI=1S/C19H21F2N5O2/c1-19(2,16(27)24-15-5-4-13(20)12-14(15)21)17(28)25-8-10-26(11-9-25)18-22-6-3-7-23-18/h3-7,12H,8-11H2,1-2H3,(H,24,27). The number of benzene rings is 1. The number of piperazine rings is 1. The number of hydrogen-bond acceptors (Lipinski definition) is 5. The molecule has 0 saturated carbocycles. The molecule has 3 rings (SSSR count). The van der Waals surface area contributed by atoms with Crippen molar-refractivity contribution in [3.63, 3.8) is 0 Å². The number of nitrogens with zero attached hydrogens (tertiary/aromatic N) is 4. The lowest BCUT2D eigenvalue weighted by atomic mass is 9.89. The van der Waals surface area contributed by atoms with E-state index in [0.717, 1.165) is 12.1 Å². The Balaban J connectivity index is 1.63. The van der Waals surface area contributed by atoms with E-state index in [1.807, 2.05) is 4.90 Å². The zero-order valence-corrected chi connectivity index (χ0v) is 15.7. The molecule has 0 spiro atoms. The molecule has 2 heterocycles. The summed E-state index contributed by atoms with van der Waals surface area (Å²) < 4.78 is 26.8. The Hall–Kier alpha value is -3.10. The lowest BCUT2D eigenvalue weighted by Crippen LogP contribution is -2.54. The second kappa shape index (κ2) is 7.87. The van der Waals surface area contributed by atoms with Gasteiger partial charge in [-0.3, -0.25) is 9.59 Å². The number of carbonyl (C=O) groups excluding carboxylic acids is 2. The van der Waals surface area contributed by atoms with Crippen LogP contribution in [0, 0.1) is 17.0 Å². The predicted molar refractivity (Wildman–Crippen MR) is 99.6 cm³/mol. The maximum absolute atomic E-state index is 13.8. The van der Waals surface area contributed by atoms with Crippen molar-refractivity contribution in [3.8, 4) is 0 Å². The monoisotopic (exact) mass is 389 g/mol. The van der Waals surface area contributed by atoms with E-state index in [1.54, 1.807) is 23.4 Å². The molecule has 1 fully saturated rings. The van der Waals surface area contributed by atoms with E-state index in [1.165, 1.54) is 13.8 Å². The fourth-order valence-corrected chi connectivity index (χ4v) is 2.93. The highest BCUT2D eigenvalue weighted by Crippen LogP contribution is 2.24. The van der Waals surface area contributed by atoms with Crippen LogP contribution in [0.3, 0.4) is 0 Å². The summed E-state index contributed by atoms with van der Waals surface area (Å²) in [4.78, 5) is 37.4. The quantitative estimate of drug-likeness (QED) is 0.810. The molecule has 1 aliphatic heterocycles. The van der Waals surface area contributed by atoms with E-state index < -0.39 is 23.0 Å². The van der Waals surface area contributed by atoms with Crippen LogP contribution in [0.25, 0.3) is 0 Å². The molecule has 1 aliphatic rings. The van der Waals surface area contributed by atoms with Crippen molar-refractivity contribution in [1.82, 2.24) is 14.9 Å². The molecule has 7 nitrogen and oxygen atoms in total. The number of hydrogen-bond donors (Lipinski definition) is 1. The Kier molecular flexibility index (Phi) is 5.53. The van der Waals surface area contributed by atoms with Crippen molar-refractivity contribution >= 4 is 23.5 Å². The van der Waals surface area contributed by atoms with E-state index in [2.05, 4.69) is 15.3 Å². The number of aromatic nitrogens is 2. The van der Waals surface area contributed by atoms with Crippen LogP contribution in [0.5, 0.6) is 0 Å². The maximum Gasteiger partial charge on any atom is 0.239 e. The van der Waals surface area contributed by atoms with E-state index in [9.17, 15) is 18.4 Å². The summed E-state index contributed by atoms with van der Waals surface area (Å²) in [5.74, 6) is -2.06. The minimum Gasteiger partial charge on any atom is -0.338 e. The van der Waals surface area contributed by atoms with Gasteiger partial charge in [-0.1, -0.05) is 0 Å². The Labute approximate surface area is 161 Å². The van der Waals surface area contributed by atoms with Crippen molar-refractivity contribution in [2.45, 2.75) is 13.8 Å². The molecule has 0 unspecified atom stereocenters. The first kappa shape index (κ1) is 19.7. The van der Waals surface area contributed by atoms with Gasteiger partial charge in [0.05, 0.1) is 5.69 Å². The highest BCUT2D eigenvalue weighted by atomic mass is 19.1. The Bertz CT molecular complexity index is 868. The van der Waals surface area contributed by atoms with Gasteiger partial charge in [0.2, 0.25) is 17.8 Å². The summed E-state index contributed by atoms with van der Waals surface area (Å²) >= 11 is 0. The summed E-state index contributed by atoms with van der Waals surface area (Å²) in [5, 5.41) is 2.37. The minimum absolute atomic E-state index is 0.168. The van der Waals surface area contributed by atoms with Gasteiger partial charge in [0.25, 0.3) is 0 Å². The number of amides is 2. The molecule has 0 aliphatic carbocycles. The first-order valence-electron chi connectivity index (χ1n) is 8.87. The molecule has 1 saturated heterocycles. The largest absolute Gasteiger partial charge is 0.338 e. The third-order valence-electron chi connectivity index (χ3n) is 4.68. The predicted octanol–water partition coefficient (Wildman–Crippen LogP) is 2.07. The van der Waals surface area contributed by atoms with Gasteiger partial charge in [-0.05, 0) is 32.0 Å². The van der Waals surface area contributed by atoms with E-state index in [4.69, 9.17) is 0 Å². The molecule has 9 heteroatoms. The average Bonchev–Trinajstić information content (AvgIpc) is 2.70. The van der Waals surface area contributed by atoms with E-state index in [0.29, 0.717) is 38.2 Å². The van der Waals surface area contributed by atoms with Gasteiger partial charge in [0.15, 0.2) is 0 Å². The second-order valence-corrected chi connectivity index (χ2v) is 7.03. The number of rotatable bonds is 4. The Morgan fingerprint density at radius 2 is 1.71 bits per heavy atom. The summed E-state index contributed by atoms with van der Waals surface area (Å²) in [5.41, 5.74) is -1.58. The van der Waals surface area contributed by atoms with Crippen LogP contribution >= 0.6 is 0 Å². The zero-order chi connectivity index (χ0) is 20.3. The highest BCUT2D eigenvalue weighted by molar-refractivity contribution is 6.09. The number of halogens is 2. The van der Waals surface area contributed by atoms with Gasteiger partial charge < -0.3 is 15.1 Å². The van der Waals surface area contributed by atoms with Crippen molar-refractivity contribution < 1.29 is 18.4 Å². The first-order valence-corrected chi connectivity index (χ1v) is 8.87. The fraction of sp³-hybridized carbons (Fsp3) is 0.368. The van der Waals surface area contributed by atoms with Crippen molar-refractivity contribution in [2.75, 3.05) is 36.4 Å². The number of anilines is 2. The zero-order valence-electron chi connectivity index (χ0n) is 15.7. The summed E-state index contributed by atoms with van der Waals surface area (Å²) in [6.07, 6.45) is 3.31. The SMILES string of the molecule is CC(C)(C(=O)Nc1ccc(F)cc1F)C(=O)N1CCN(c2ncccn2)CC1. The molecule has 0 bridgehead atoms. The van der Waals surface area contributed by atoms with Crippen LogP contribution in [-0.4, -0.2) is 52.9 Å². The molecule has 1 aromatic carbocycles. The van der Waals surface area contributed by atoms with Crippen molar-refractivity contribution in [3.05, 3.63) is 48.3 Å². The van der Waals surface area contributed by atoms with Crippen LogP contribution in [0.4, 0.5) is 20.4 Å². The lowest BCUT2D eigenvalue weighted by molar-refractivity contribution is -0.146. The van der Waals surface area contributed by atoms with Crippen molar-refractivity contribution in [2.24, 2.45) is 5.41 Å². The van der Waals surface area contributed by atoms with Crippen LogP contribution in [0.2, 0.25) is 0 Å². The summed E-state index contributed by atoms with van der Waals surface area (Å²) in [6, 6.07) is 4.57. The van der Waals surface area contributed by atoms with Crippen LogP contribution in [0.15, 0.2) is 36.7 Å². The fourth-order valence-electron chi connectivity index (χ4n) is 2.93. The Morgan fingerprint density at radius 1 is 1.07 bits per heavy atom. The normalized spacial score (nSPS) is 14.7. The van der Waals surface area contributed by atoms with Gasteiger partial charge in [-0.25, -0.2) is 18.7 Å².